The lowest BCUT2D eigenvalue weighted by Gasteiger charge is -2.39. The molecule has 206 valence electrons. The van der Waals surface area contributed by atoms with E-state index in [2.05, 4.69) is 37.4 Å². The maximum atomic E-state index is 13.1. The lowest BCUT2D eigenvalue weighted by molar-refractivity contribution is -0.131. The summed E-state index contributed by atoms with van der Waals surface area (Å²) in [5.74, 6) is 1.27. The number of para-hydroxylation sites is 1. The second-order valence-corrected chi connectivity index (χ2v) is 10.6. The van der Waals surface area contributed by atoms with Gasteiger partial charge in [0.15, 0.2) is 5.75 Å². The highest BCUT2D eigenvalue weighted by Gasteiger charge is 2.48. The first kappa shape index (κ1) is 25.4. The predicted octanol–water partition coefficient (Wildman–Crippen LogP) is 2.61. The van der Waals surface area contributed by atoms with Crippen LogP contribution in [0.2, 0.25) is 0 Å². The van der Waals surface area contributed by atoms with Gasteiger partial charge in [0.2, 0.25) is 5.91 Å². The Morgan fingerprint density at radius 1 is 1.05 bits per heavy atom. The zero-order valence-electron chi connectivity index (χ0n) is 22.7. The molecule has 4 N–H and O–H groups in total. The summed E-state index contributed by atoms with van der Waals surface area (Å²) in [5, 5.41) is 16.9. The minimum absolute atomic E-state index is 0.0484. The molecule has 3 fully saturated rings. The van der Waals surface area contributed by atoms with Crippen LogP contribution in [0.15, 0.2) is 48.8 Å². The number of amides is 1. The van der Waals surface area contributed by atoms with Gasteiger partial charge in [-0.05, 0) is 49.6 Å². The van der Waals surface area contributed by atoms with Gasteiger partial charge in [0.1, 0.15) is 5.82 Å². The van der Waals surface area contributed by atoms with Crippen molar-refractivity contribution in [1.29, 1.82) is 0 Å². The van der Waals surface area contributed by atoms with E-state index in [4.69, 9.17) is 9.72 Å². The first-order valence-corrected chi connectivity index (χ1v) is 13.7. The average molecular weight is 532 g/mol. The van der Waals surface area contributed by atoms with Gasteiger partial charge in [-0.3, -0.25) is 19.8 Å². The van der Waals surface area contributed by atoms with Crippen LogP contribution < -0.4 is 31.0 Å². The summed E-state index contributed by atoms with van der Waals surface area (Å²) in [5.41, 5.74) is 7.01. The Bertz CT molecular complexity index is 1300. The third-order valence-electron chi connectivity index (χ3n) is 7.95. The van der Waals surface area contributed by atoms with E-state index in [1.807, 2.05) is 49.8 Å². The van der Waals surface area contributed by atoms with Crippen LogP contribution in [0.1, 0.15) is 25.7 Å². The van der Waals surface area contributed by atoms with Crippen LogP contribution in [-0.4, -0.2) is 71.3 Å². The normalized spacial score (nSPS) is 24.9. The average Bonchev–Trinajstić information content (AvgIpc) is 3.51. The molecular weight excluding hydrogens is 494 g/mol. The van der Waals surface area contributed by atoms with Crippen molar-refractivity contribution in [3.63, 3.8) is 0 Å². The Morgan fingerprint density at radius 3 is 2.62 bits per heavy atom. The van der Waals surface area contributed by atoms with Crippen molar-refractivity contribution in [1.82, 2.24) is 30.5 Å². The molecule has 0 radical (unpaired) electrons. The van der Waals surface area contributed by atoms with Crippen LogP contribution in [0, 0.1) is 5.92 Å². The van der Waals surface area contributed by atoms with E-state index in [0.717, 1.165) is 35.9 Å². The molecule has 3 aliphatic rings. The number of hydrogen-bond donors (Lipinski definition) is 4. The topological polar surface area (TPSA) is 112 Å². The van der Waals surface area contributed by atoms with Crippen molar-refractivity contribution >= 4 is 23.1 Å². The summed E-state index contributed by atoms with van der Waals surface area (Å²) in [6.45, 7) is 2.18. The molecule has 3 saturated heterocycles. The minimum atomic E-state index is -0.286. The predicted molar refractivity (Wildman–Crippen MR) is 151 cm³/mol. The van der Waals surface area contributed by atoms with E-state index in [1.165, 1.54) is 24.9 Å². The van der Waals surface area contributed by atoms with E-state index in [1.54, 1.807) is 23.8 Å². The minimum Gasteiger partial charge on any atom is -0.494 e. The molecular formula is C28H37N9O2. The van der Waals surface area contributed by atoms with Gasteiger partial charge in [0.25, 0.3) is 0 Å². The van der Waals surface area contributed by atoms with Gasteiger partial charge < -0.3 is 20.3 Å². The standard InChI is InChI=1S/C28H37N9O2/c1-35-15-12-20(33-35)19-8-7-9-21(26(19)39-3)30-22-16-24(32-27-25(22)28(38)36(2)34-27)31-23-11-10-18(17-29-23)37-13-5-4-6-14-37/h7-12,15,17,22,24-25,27,30,32,34H,4-6,13-14,16H2,1-3H3,(H,29,31). The Balaban J connectivity index is 1.22. The summed E-state index contributed by atoms with van der Waals surface area (Å²) < 4.78 is 7.63. The highest BCUT2D eigenvalue weighted by atomic mass is 16.5. The second-order valence-electron chi connectivity index (χ2n) is 10.6. The second kappa shape index (κ2) is 10.7. The first-order chi connectivity index (χ1) is 19.0. The zero-order chi connectivity index (χ0) is 26.9. The molecule has 0 saturated carbocycles. The van der Waals surface area contributed by atoms with Crippen molar-refractivity contribution in [3.8, 4) is 17.0 Å². The molecule has 2 aromatic heterocycles. The number of nitrogens with zero attached hydrogens (tertiary/aromatic N) is 5. The van der Waals surface area contributed by atoms with Crippen molar-refractivity contribution < 1.29 is 9.53 Å². The monoisotopic (exact) mass is 531 g/mol. The summed E-state index contributed by atoms with van der Waals surface area (Å²) >= 11 is 0. The molecule has 1 aromatic carbocycles. The Hall–Kier alpha value is -3.83. The van der Waals surface area contributed by atoms with Crippen LogP contribution in [0.3, 0.4) is 0 Å². The molecule has 0 spiro atoms. The first-order valence-electron chi connectivity index (χ1n) is 13.7. The quantitative estimate of drug-likeness (QED) is 0.366. The van der Waals surface area contributed by atoms with E-state index in [0.29, 0.717) is 12.2 Å². The highest BCUT2D eigenvalue weighted by molar-refractivity contribution is 5.83. The molecule has 0 aliphatic carbocycles. The molecule has 11 heteroatoms. The number of nitrogens with one attached hydrogen (secondary N) is 4. The summed E-state index contributed by atoms with van der Waals surface area (Å²) in [6, 6.07) is 12.0. The number of aryl methyl sites for hydroxylation is 1. The van der Waals surface area contributed by atoms with Gasteiger partial charge in [-0.25, -0.2) is 10.4 Å². The smallest absolute Gasteiger partial charge is 0.244 e. The van der Waals surface area contributed by atoms with Crippen LogP contribution in [0.25, 0.3) is 11.3 Å². The molecule has 39 heavy (non-hydrogen) atoms. The van der Waals surface area contributed by atoms with Crippen molar-refractivity contribution in [2.45, 2.75) is 44.1 Å². The summed E-state index contributed by atoms with van der Waals surface area (Å²) in [7, 11) is 5.33. The maximum Gasteiger partial charge on any atom is 0.244 e. The van der Waals surface area contributed by atoms with E-state index in [9.17, 15) is 4.79 Å². The number of carbonyl (C=O) groups excluding carboxylic acids is 1. The number of carbonyl (C=O) groups is 1. The van der Waals surface area contributed by atoms with Crippen molar-refractivity contribution in [2.75, 3.05) is 42.8 Å². The fourth-order valence-electron chi connectivity index (χ4n) is 6.02. The number of aromatic nitrogens is 3. The van der Waals surface area contributed by atoms with Crippen LogP contribution >= 0.6 is 0 Å². The molecule has 6 rings (SSSR count). The number of pyridine rings is 1. The maximum absolute atomic E-state index is 13.1. The molecule has 3 aromatic rings. The molecule has 4 atom stereocenters. The molecule has 4 unspecified atom stereocenters. The largest absolute Gasteiger partial charge is 0.494 e. The van der Waals surface area contributed by atoms with Gasteiger partial charge in [0, 0.05) is 51.4 Å². The van der Waals surface area contributed by atoms with E-state index in [-0.39, 0.29) is 30.2 Å². The van der Waals surface area contributed by atoms with Crippen LogP contribution in [0.5, 0.6) is 5.75 Å². The van der Waals surface area contributed by atoms with Gasteiger partial charge in [0.05, 0.1) is 48.6 Å². The van der Waals surface area contributed by atoms with E-state index < -0.39 is 0 Å². The number of piperidine rings is 2. The Labute approximate surface area is 228 Å². The number of methoxy groups -OCH3 is 1. The lowest BCUT2D eigenvalue weighted by atomic mass is 9.88. The van der Waals surface area contributed by atoms with Gasteiger partial charge in [-0.15, -0.1) is 0 Å². The number of anilines is 3. The summed E-state index contributed by atoms with van der Waals surface area (Å²) in [4.78, 5) is 20.3. The van der Waals surface area contributed by atoms with Gasteiger partial charge in [-0.1, -0.05) is 6.07 Å². The molecule has 3 aliphatic heterocycles. The molecule has 0 bridgehead atoms. The molecule has 11 nitrogen and oxygen atoms in total. The van der Waals surface area contributed by atoms with Crippen LogP contribution in [-0.2, 0) is 11.8 Å². The van der Waals surface area contributed by atoms with Gasteiger partial charge in [-0.2, -0.15) is 5.10 Å². The highest BCUT2D eigenvalue weighted by Crippen LogP contribution is 2.38. The van der Waals surface area contributed by atoms with Crippen LogP contribution in [0.4, 0.5) is 17.2 Å². The fraction of sp³-hybridized carbons (Fsp3) is 0.464. The third-order valence-corrected chi connectivity index (χ3v) is 7.95. The van der Waals surface area contributed by atoms with E-state index >= 15 is 0 Å². The third kappa shape index (κ3) is 5.11. The molecule has 1 amide bonds. The van der Waals surface area contributed by atoms with Crippen molar-refractivity contribution in [3.05, 3.63) is 48.8 Å². The fourth-order valence-corrected chi connectivity index (χ4v) is 6.02. The Kier molecular flexibility index (Phi) is 7.01. The number of fused-ring (bicyclic) bond motifs is 1. The number of rotatable bonds is 7. The zero-order valence-corrected chi connectivity index (χ0v) is 22.7. The number of ether oxygens (including phenoxy) is 1. The Morgan fingerprint density at radius 2 is 1.90 bits per heavy atom. The molecule has 5 heterocycles. The SMILES string of the molecule is COc1c(NC2CC(Nc3ccc(N4CCCCC4)cn3)NC3NN(C)C(=O)C23)cccc1-c1ccn(C)n1. The van der Waals surface area contributed by atoms with Crippen molar-refractivity contribution in [2.24, 2.45) is 13.0 Å². The lowest BCUT2D eigenvalue weighted by Crippen LogP contribution is -2.60. The number of hydrazine groups is 1. The van der Waals surface area contributed by atoms with Gasteiger partial charge >= 0.3 is 0 Å². The number of hydrogen-bond acceptors (Lipinski definition) is 9. The number of benzene rings is 1. The summed E-state index contributed by atoms with van der Waals surface area (Å²) in [6.07, 6.45) is 7.98.